The van der Waals surface area contributed by atoms with E-state index >= 15 is 0 Å². The Morgan fingerprint density at radius 1 is 0.952 bits per heavy atom. The molecule has 11 heteroatoms. The van der Waals surface area contributed by atoms with Crippen LogP contribution in [-0.4, -0.2) is 43.8 Å². The first-order valence-electron chi connectivity index (χ1n) is 13.8. The van der Waals surface area contributed by atoms with Crippen molar-refractivity contribution >= 4 is 66.7 Å². The van der Waals surface area contributed by atoms with Crippen LogP contribution in [0, 0.1) is 6.92 Å². The number of hydrogen-bond donors (Lipinski definition) is 1. The molecule has 0 aliphatic heterocycles. The van der Waals surface area contributed by atoms with Crippen LogP contribution in [0.25, 0.3) is 0 Å². The number of hydrogen-bond acceptors (Lipinski definition) is 4. The summed E-state index contributed by atoms with van der Waals surface area (Å²) in [5.41, 5.74) is 1.69. The number of amides is 2. The van der Waals surface area contributed by atoms with Gasteiger partial charge in [0, 0.05) is 32.7 Å². The molecule has 42 heavy (non-hydrogen) atoms. The molecule has 1 atom stereocenters. The van der Waals surface area contributed by atoms with Crippen molar-refractivity contribution in [3.8, 4) is 0 Å². The van der Waals surface area contributed by atoms with Crippen LogP contribution in [0.4, 0.5) is 5.69 Å². The summed E-state index contributed by atoms with van der Waals surface area (Å²) in [6.07, 6.45) is 4.98. The van der Waals surface area contributed by atoms with Gasteiger partial charge in [0.1, 0.15) is 12.6 Å². The van der Waals surface area contributed by atoms with Crippen molar-refractivity contribution in [3.63, 3.8) is 0 Å². The van der Waals surface area contributed by atoms with Gasteiger partial charge in [-0.05, 0) is 75.2 Å². The second kappa shape index (κ2) is 14.3. The third-order valence-electron chi connectivity index (χ3n) is 7.51. The Bertz CT molecular complexity index is 1490. The van der Waals surface area contributed by atoms with Gasteiger partial charge in [0.25, 0.3) is 10.0 Å². The standard InChI is InChI=1S/C31H34BrCl2N3O4S/c1-21-11-17-26(18-12-21)42(40,41)37(25-15-13-23(32)14-16-25)20-30(38)36(19-27-28(33)9-6-10-29(27)34)22(2)31(39)35-24-7-4-3-5-8-24/h6,9-18,22,24H,3-5,7-8,19-20H2,1-2H3,(H,35,39)/t22-/m0/s1. The highest BCUT2D eigenvalue weighted by molar-refractivity contribution is 9.10. The average molecular weight is 696 g/mol. The van der Waals surface area contributed by atoms with Crippen LogP contribution in [0.1, 0.15) is 50.2 Å². The highest BCUT2D eigenvalue weighted by Crippen LogP contribution is 2.29. The fourth-order valence-electron chi connectivity index (χ4n) is 4.98. The molecule has 1 aliphatic carbocycles. The maximum absolute atomic E-state index is 14.1. The van der Waals surface area contributed by atoms with Crippen LogP contribution >= 0.6 is 39.1 Å². The number of nitrogens with zero attached hydrogens (tertiary/aromatic N) is 2. The van der Waals surface area contributed by atoms with E-state index < -0.39 is 28.5 Å². The molecule has 224 valence electrons. The molecule has 0 radical (unpaired) electrons. The Balaban J connectivity index is 1.70. The quantitative estimate of drug-likeness (QED) is 0.245. The number of carbonyl (C=O) groups excluding carboxylic acids is 2. The van der Waals surface area contributed by atoms with Crippen molar-refractivity contribution in [3.05, 3.63) is 92.4 Å². The molecule has 7 nitrogen and oxygen atoms in total. The first-order valence-corrected chi connectivity index (χ1v) is 16.8. The van der Waals surface area contributed by atoms with Crippen LogP contribution in [0.5, 0.6) is 0 Å². The second-order valence-electron chi connectivity index (χ2n) is 10.5. The van der Waals surface area contributed by atoms with E-state index in [4.69, 9.17) is 23.2 Å². The summed E-state index contributed by atoms with van der Waals surface area (Å²) in [7, 11) is -4.15. The van der Waals surface area contributed by atoms with Crippen molar-refractivity contribution in [1.82, 2.24) is 10.2 Å². The lowest BCUT2D eigenvalue weighted by Crippen LogP contribution is -2.53. The fourth-order valence-corrected chi connectivity index (χ4v) is 7.17. The molecule has 0 aromatic heterocycles. The Morgan fingerprint density at radius 3 is 2.14 bits per heavy atom. The van der Waals surface area contributed by atoms with Crippen molar-refractivity contribution in [2.24, 2.45) is 0 Å². The number of sulfonamides is 1. The van der Waals surface area contributed by atoms with Gasteiger partial charge in [-0.15, -0.1) is 0 Å². The monoisotopic (exact) mass is 693 g/mol. The Kier molecular flexibility index (Phi) is 11.0. The van der Waals surface area contributed by atoms with Crippen molar-refractivity contribution in [2.75, 3.05) is 10.8 Å². The normalized spacial score (nSPS) is 14.7. The minimum Gasteiger partial charge on any atom is -0.352 e. The summed E-state index contributed by atoms with van der Waals surface area (Å²) >= 11 is 16.3. The SMILES string of the molecule is Cc1ccc(S(=O)(=O)N(CC(=O)N(Cc2c(Cl)cccc2Cl)[C@@H](C)C(=O)NC2CCCCC2)c2ccc(Br)cc2)cc1. The van der Waals surface area contributed by atoms with E-state index in [9.17, 15) is 18.0 Å². The van der Waals surface area contributed by atoms with Gasteiger partial charge in [0.15, 0.2) is 0 Å². The molecule has 0 saturated heterocycles. The van der Waals surface area contributed by atoms with Crippen LogP contribution in [0.15, 0.2) is 76.1 Å². The van der Waals surface area contributed by atoms with Gasteiger partial charge in [-0.3, -0.25) is 13.9 Å². The molecule has 1 fully saturated rings. The van der Waals surface area contributed by atoms with Crippen LogP contribution in [-0.2, 0) is 26.2 Å². The third kappa shape index (κ3) is 7.86. The molecule has 0 heterocycles. The van der Waals surface area contributed by atoms with E-state index in [0.29, 0.717) is 21.3 Å². The van der Waals surface area contributed by atoms with Gasteiger partial charge in [-0.1, -0.05) is 82.2 Å². The first kappa shape index (κ1) is 32.3. The molecular weight excluding hydrogens is 661 g/mol. The summed E-state index contributed by atoms with van der Waals surface area (Å²) in [4.78, 5) is 29.0. The number of rotatable bonds is 10. The smallest absolute Gasteiger partial charge is 0.264 e. The van der Waals surface area contributed by atoms with Crippen LogP contribution in [0.2, 0.25) is 10.0 Å². The van der Waals surface area contributed by atoms with Crippen molar-refractivity contribution in [1.29, 1.82) is 0 Å². The maximum atomic E-state index is 14.1. The van der Waals surface area contributed by atoms with Gasteiger partial charge < -0.3 is 10.2 Å². The molecule has 3 aromatic carbocycles. The zero-order valence-corrected chi connectivity index (χ0v) is 27.4. The number of halogens is 3. The molecule has 3 aromatic rings. The molecule has 1 saturated carbocycles. The summed E-state index contributed by atoms with van der Waals surface area (Å²) in [6.45, 7) is 2.89. The van der Waals surface area contributed by atoms with Gasteiger partial charge in [0.2, 0.25) is 11.8 Å². The topological polar surface area (TPSA) is 86.8 Å². The summed E-state index contributed by atoms with van der Waals surface area (Å²) in [5.74, 6) is -0.883. The minimum atomic E-state index is -4.15. The molecule has 0 spiro atoms. The van der Waals surface area contributed by atoms with E-state index in [1.54, 1.807) is 61.5 Å². The van der Waals surface area contributed by atoms with Crippen LogP contribution < -0.4 is 9.62 Å². The van der Waals surface area contributed by atoms with Crippen LogP contribution in [0.3, 0.4) is 0 Å². The predicted molar refractivity (Wildman–Crippen MR) is 171 cm³/mol. The van der Waals surface area contributed by atoms with Gasteiger partial charge in [-0.25, -0.2) is 8.42 Å². The number of anilines is 1. The minimum absolute atomic E-state index is 0.0377. The summed E-state index contributed by atoms with van der Waals surface area (Å²) in [5, 5.41) is 3.78. The van der Waals surface area contributed by atoms with Gasteiger partial charge in [0.05, 0.1) is 10.6 Å². The molecule has 4 rings (SSSR count). The van der Waals surface area contributed by atoms with Gasteiger partial charge >= 0.3 is 0 Å². The average Bonchev–Trinajstić information content (AvgIpc) is 2.96. The molecule has 0 bridgehead atoms. The van der Waals surface area contributed by atoms with E-state index in [1.807, 2.05) is 6.92 Å². The van der Waals surface area contributed by atoms with Gasteiger partial charge in [-0.2, -0.15) is 0 Å². The second-order valence-corrected chi connectivity index (χ2v) is 14.1. The molecule has 1 N–H and O–H groups in total. The fraction of sp³-hybridized carbons (Fsp3) is 0.355. The number of aryl methyl sites for hydroxylation is 1. The first-order chi connectivity index (χ1) is 20.0. The molecule has 2 amide bonds. The lowest BCUT2D eigenvalue weighted by molar-refractivity contribution is -0.139. The number of carbonyl (C=O) groups is 2. The summed E-state index contributed by atoms with van der Waals surface area (Å²) < 4.78 is 29.7. The highest BCUT2D eigenvalue weighted by Gasteiger charge is 2.33. The Hall–Kier alpha value is -2.59. The lowest BCUT2D eigenvalue weighted by Gasteiger charge is -2.33. The largest absolute Gasteiger partial charge is 0.352 e. The Morgan fingerprint density at radius 2 is 1.55 bits per heavy atom. The number of benzene rings is 3. The van der Waals surface area contributed by atoms with E-state index in [-0.39, 0.29) is 23.4 Å². The number of nitrogens with one attached hydrogen (secondary N) is 1. The third-order valence-corrected chi connectivity index (χ3v) is 10.5. The predicted octanol–water partition coefficient (Wildman–Crippen LogP) is 7.13. The van der Waals surface area contributed by atoms with Crippen molar-refractivity contribution in [2.45, 2.75) is 69.5 Å². The summed E-state index contributed by atoms with van der Waals surface area (Å²) in [6, 6.07) is 17.2. The maximum Gasteiger partial charge on any atom is 0.264 e. The lowest BCUT2D eigenvalue weighted by atomic mass is 9.95. The van der Waals surface area contributed by atoms with Crippen molar-refractivity contribution < 1.29 is 18.0 Å². The van der Waals surface area contributed by atoms with E-state index in [2.05, 4.69) is 21.2 Å². The Labute approximate surface area is 266 Å². The van der Waals surface area contributed by atoms with E-state index in [1.165, 1.54) is 17.0 Å². The zero-order valence-electron chi connectivity index (χ0n) is 23.5. The van der Waals surface area contributed by atoms with E-state index in [0.717, 1.165) is 46.4 Å². The molecular formula is C31H34BrCl2N3O4S. The zero-order chi connectivity index (χ0) is 30.4. The molecule has 0 unspecified atom stereocenters. The molecule has 1 aliphatic rings. The highest BCUT2D eigenvalue weighted by atomic mass is 79.9.